The Kier molecular flexibility index (Phi) is 7.53. The van der Waals surface area contributed by atoms with Gasteiger partial charge in [0, 0.05) is 56.7 Å². The summed E-state index contributed by atoms with van der Waals surface area (Å²) < 4.78 is 5.13. The minimum Gasteiger partial charge on any atom is -0.466 e. The van der Waals surface area contributed by atoms with E-state index in [0.717, 1.165) is 62.2 Å². The average Bonchev–Trinajstić information content (AvgIpc) is 2.85. The lowest BCUT2D eigenvalue weighted by atomic mass is 9.92. The molecule has 4 rings (SSSR count). The number of nitrogens with zero attached hydrogens (tertiary/aromatic N) is 5. The van der Waals surface area contributed by atoms with Crippen LogP contribution in [0.25, 0.3) is 0 Å². The summed E-state index contributed by atoms with van der Waals surface area (Å²) in [4.78, 5) is 40.6. The van der Waals surface area contributed by atoms with Crippen LogP contribution in [-0.4, -0.2) is 84.1 Å². The van der Waals surface area contributed by atoms with Gasteiger partial charge in [0.2, 0.25) is 11.9 Å². The van der Waals surface area contributed by atoms with E-state index in [-0.39, 0.29) is 23.7 Å². The molecule has 0 aromatic carbocycles. The Morgan fingerprint density at radius 3 is 2.16 bits per heavy atom. The zero-order valence-electron chi connectivity index (χ0n) is 18.4. The van der Waals surface area contributed by atoms with Crippen molar-refractivity contribution in [1.29, 1.82) is 0 Å². The van der Waals surface area contributed by atoms with E-state index in [1.165, 1.54) is 0 Å². The van der Waals surface area contributed by atoms with Gasteiger partial charge in [-0.3, -0.25) is 9.59 Å². The van der Waals surface area contributed by atoms with Gasteiger partial charge in [0.25, 0.3) is 0 Å². The number of esters is 1. The maximum absolute atomic E-state index is 13.0. The summed E-state index contributed by atoms with van der Waals surface area (Å²) in [5, 5.41) is 0. The van der Waals surface area contributed by atoms with Gasteiger partial charge in [-0.25, -0.2) is 9.97 Å². The Labute approximate surface area is 188 Å². The molecule has 0 radical (unpaired) electrons. The van der Waals surface area contributed by atoms with Crippen molar-refractivity contribution in [2.75, 3.05) is 67.2 Å². The number of thioether (sulfide) groups is 1. The van der Waals surface area contributed by atoms with Gasteiger partial charge in [0.15, 0.2) is 0 Å². The molecule has 0 spiro atoms. The number of hydrogen-bond acceptors (Lipinski definition) is 8. The minimum absolute atomic E-state index is 0.0579. The van der Waals surface area contributed by atoms with Crippen LogP contribution in [0.5, 0.6) is 0 Å². The van der Waals surface area contributed by atoms with Crippen LogP contribution in [0.3, 0.4) is 0 Å². The van der Waals surface area contributed by atoms with Gasteiger partial charge < -0.3 is 19.4 Å². The van der Waals surface area contributed by atoms with Crippen LogP contribution in [0.4, 0.5) is 11.6 Å². The first kappa shape index (κ1) is 22.2. The van der Waals surface area contributed by atoms with Crippen molar-refractivity contribution in [3.05, 3.63) is 12.4 Å². The molecule has 0 saturated carbocycles. The van der Waals surface area contributed by atoms with Gasteiger partial charge in [0.1, 0.15) is 0 Å². The third-order valence-electron chi connectivity index (χ3n) is 6.55. The molecule has 0 unspecified atom stereocenters. The van der Waals surface area contributed by atoms with Crippen molar-refractivity contribution in [3.63, 3.8) is 0 Å². The molecular formula is C22H33N5O3S. The van der Waals surface area contributed by atoms with E-state index in [1.807, 2.05) is 36.0 Å². The minimum atomic E-state index is -0.115. The largest absolute Gasteiger partial charge is 0.466 e. The van der Waals surface area contributed by atoms with Crippen LogP contribution >= 0.6 is 11.8 Å². The Balaban J connectivity index is 1.24. The number of anilines is 2. The maximum atomic E-state index is 13.0. The first-order valence-electron chi connectivity index (χ1n) is 11.5. The molecule has 3 saturated heterocycles. The highest BCUT2D eigenvalue weighted by atomic mass is 32.2. The number of carbonyl (C=O) groups is 2. The summed E-state index contributed by atoms with van der Waals surface area (Å²) in [7, 11) is 0. The monoisotopic (exact) mass is 447 g/mol. The molecule has 31 heavy (non-hydrogen) atoms. The molecule has 170 valence electrons. The summed E-state index contributed by atoms with van der Waals surface area (Å²) in [6.07, 6.45) is 6.97. The molecule has 1 aromatic rings. The summed E-state index contributed by atoms with van der Waals surface area (Å²) in [6.45, 7) is 7.28. The zero-order chi connectivity index (χ0) is 21.6. The van der Waals surface area contributed by atoms with Crippen LogP contribution in [0.1, 0.15) is 32.6 Å². The van der Waals surface area contributed by atoms with Gasteiger partial charge in [0.05, 0.1) is 30.6 Å². The number of carbonyl (C=O) groups excluding carboxylic acids is 2. The lowest BCUT2D eigenvalue weighted by Crippen LogP contribution is -2.46. The molecule has 1 aromatic heterocycles. The second kappa shape index (κ2) is 10.5. The van der Waals surface area contributed by atoms with E-state index >= 15 is 0 Å². The number of rotatable bonds is 5. The van der Waals surface area contributed by atoms with E-state index in [1.54, 1.807) is 0 Å². The summed E-state index contributed by atoms with van der Waals surface area (Å²) >= 11 is 1.98. The molecule has 0 N–H and O–H groups in total. The van der Waals surface area contributed by atoms with Crippen LogP contribution in [-0.2, 0) is 14.3 Å². The number of piperidine rings is 2. The summed E-state index contributed by atoms with van der Waals surface area (Å²) in [5.41, 5.74) is 1.04. The number of likely N-dealkylation sites (tertiary alicyclic amines) is 1. The SMILES string of the molecule is CCOC(=O)C1CCN(C(=O)C2CCN(c3cnc(N4CCSCC4)nc3)CC2)CC1. The number of hydrogen-bond donors (Lipinski definition) is 0. The van der Waals surface area contributed by atoms with Crippen molar-refractivity contribution in [3.8, 4) is 0 Å². The standard InChI is InChI=1S/C22H33N5O3S/c1-2-30-21(29)18-5-9-26(10-6-18)20(28)17-3-7-25(8-4-17)19-15-23-22(24-16-19)27-11-13-31-14-12-27/h15-18H,2-14H2,1H3. The quantitative estimate of drug-likeness (QED) is 0.635. The van der Waals surface area contributed by atoms with Crippen molar-refractivity contribution in [2.45, 2.75) is 32.6 Å². The first-order chi connectivity index (χ1) is 15.2. The molecule has 3 aliphatic rings. The Morgan fingerprint density at radius 1 is 0.935 bits per heavy atom. The second-order valence-corrected chi connectivity index (χ2v) is 9.68. The molecule has 1 amide bonds. The zero-order valence-corrected chi connectivity index (χ0v) is 19.2. The lowest BCUT2D eigenvalue weighted by molar-refractivity contribution is -0.151. The Hall–Kier alpha value is -2.03. The molecule has 8 nitrogen and oxygen atoms in total. The second-order valence-electron chi connectivity index (χ2n) is 8.45. The first-order valence-corrected chi connectivity index (χ1v) is 12.7. The van der Waals surface area contributed by atoms with E-state index in [4.69, 9.17) is 4.74 Å². The third kappa shape index (κ3) is 5.42. The highest BCUT2D eigenvalue weighted by molar-refractivity contribution is 7.99. The molecule has 0 atom stereocenters. The molecule has 3 fully saturated rings. The van der Waals surface area contributed by atoms with Gasteiger partial charge in [-0.05, 0) is 32.6 Å². The van der Waals surface area contributed by atoms with E-state index < -0.39 is 0 Å². The predicted molar refractivity (Wildman–Crippen MR) is 122 cm³/mol. The molecule has 9 heteroatoms. The lowest BCUT2D eigenvalue weighted by Gasteiger charge is -2.37. The van der Waals surface area contributed by atoms with Crippen molar-refractivity contribution in [1.82, 2.24) is 14.9 Å². The topological polar surface area (TPSA) is 78.9 Å². The Morgan fingerprint density at radius 2 is 1.55 bits per heavy atom. The van der Waals surface area contributed by atoms with E-state index in [9.17, 15) is 9.59 Å². The van der Waals surface area contributed by atoms with E-state index in [2.05, 4.69) is 19.8 Å². The van der Waals surface area contributed by atoms with Gasteiger partial charge >= 0.3 is 5.97 Å². The Bertz CT molecular complexity index is 740. The normalized spacial score (nSPS) is 21.3. The number of ether oxygens (including phenoxy) is 1. The molecule has 0 bridgehead atoms. The van der Waals surface area contributed by atoms with Crippen LogP contribution in [0.15, 0.2) is 12.4 Å². The third-order valence-corrected chi connectivity index (χ3v) is 7.50. The number of aromatic nitrogens is 2. The molecule has 3 aliphatic heterocycles. The van der Waals surface area contributed by atoms with Gasteiger partial charge in [-0.15, -0.1) is 0 Å². The summed E-state index contributed by atoms with van der Waals surface area (Å²) in [6, 6.07) is 0. The number of amides is 1. The van der Waals surface area contributed by atoms with Crippen molar-refractivity contribution in [2.24, 2.45) is 11.8 Å². The highest BCUT2D eigenvalue weighted by Gasteiger charge is 2.33. The summed E-state index contributed by atoms with van der Waals surface area (Å²) in [5.74, 6) is 3.23. The fraction of sp³-hybridized carbons (Fsp3) is 0.727. The molecule has 4 heterocycles. The highest BCUT2D eigenvalue weighted by Crippen LogP contribution is 2.27. The van der Waals surface area contributed by atoms with E-state index in [0.29, 0.717) is 32.5 Å². The maximum Gasteiger partial charge on any atom is 0.309 e. The predicted octanol–water partition coefficient (Wildman–Crippen LogP) is 2.05. The van der Waals surface area contributed by atoms with Crippen molar-refractivity contribution < 1.29 is 14.3 Å². The van der Waals surface area contributed by atoms with Crippen LogP contribution < -0.4 is 9.80 Å². The fourth-order valence-electron chi connectivity index (χ4n) is 4.64. The van der Waals surface area contributed by atoms with Gasteiger partial charge in [-0.2, -0.15) is 11.8 Å². The molecular weight excluding hydrogens is 414 g/mol. The average molecular weight is 448 g/mol. The fourth-order valence-corrected chi connectivity index (χ4v) is 5.55. The molecule has 0 aliphatic carbocycles. The van der Waals surface area contributed by atoms with Crippen molar-refractivity contribution >= 4 is 35.3 Å². The van der Waals surface area contributed by atoms with Crippen LogP contribution in [0.2, 0.25) is 0 Å². The smallest absolute Gasteiger partial charge is 0.309 e. The van der Waals surface area contributed by atoms with Crippen LogP contribution in [0, 0.1) is 11.8 Å². The van der Waals surface area contributed by atoms with Gasteiger partial charge in [-0.1, -0.05) is 0 Å².